The number of nitrogens with one attached hydrogen (secondary N) is 1. The zero-order chi connectivity index (χ0) is 11.8. The highest BCUT2D eigenvalue weighted by molar-refractivity contribution is 5.45. The molecule has 0 radical (unpaired) electrons. The molecule has 17 heavy (non-hydrogen) atoms. The average molecular weight is 234 g/mol. The monoisotopic (exact) mass is 234 g/mol. The zero-order valence-corrected chi connectivity index (χ0v) is 9.76. The van der Waals surface area contributed by atoms with Crippen LogP contribution in [-0.2, 0) is 0 Å². The van der Waals surface area contributed by atoms with E-state index in [1.54, 1.807) is 6.07 Å². The fourth-order valence-electron chi connectivity index (χ4n) is 2.22. The summed E-state index contributed by atoms with van der Waals surface area (Å²) in [5, 5.41) is 12.5. The van der Waals surface area contributed by atoms with E-state index in [0.717, 1.165) is 31.0 Å². The van der Waals surface area contributed by atoms with Gasteiger partial charge < -0.3 is 16.2 Å². The van der Waals surface area contributed by atoms with Gasteiger partial charge in [-0.2, -0.15) is 0 Å². The zero-order valence-electron chi connectivity index (χ0n) is 9.76. The highest BCUT2D eigenvalue weighted by atomic mass is 16.3. The lowest BCUT2D eigenvalue weighted by atomic mass is 9.82. The van der Waals surface area contributed by atoms with Crippen LogP contribution in [0.5, 0.6) is 0 Å². The van der Waals surface area contributed by atoms with Crippen LogP contribution in [0.4, 0.5) is 11.6 Å². The second-order valence-corrected chi connectivity index (χ2v) is 5.18. The number of anilines is 2. The van der Waals surface area contributed by atoms with E-state index in [-0.39, 0.29) is 6.10 Å². The Labute approximate surface area is 100 Å². The molecule has 2 fully saturated rings. The van der Waals surface area contributed by atoms with Crippen molar-refractivity contribution < 1.29 is 5.11 Å². The molecule has 2 saturated carbocycles. The van der Waals surface area contributed by atoms with Crippen molar-refractivity contribution in [2.75, 3.05) is 17.6 Å². The van der Waals surface area contributed by atoms with Crippen LogP contribution in [-0.4, -0.2) is 27.7 Å². The first-order valence-electron chi connectivity index (χ1n) is 6.27. The minimum atomic E-state index is -0.0979. The summed E-state index contributed by atoms with van der Waals surface area (Å²) < 4.78 is 0. The van der Waals surface area contributed by atoms with Crippen LogP contribution in [0.15, 0.2) is 6.07 Å². The molecule has 92 valence electrons. The fourth-order valence-corrected chi connectivity index (χ4v) is 2.22. The van der Waals surface area contributed by atoms with E-state index in [9.17, 15) is 5.11 Å². The molecule has 2 aliphatic carbocycles. The predicted molar refractivity (Wildman–Crippen MR) is 65.6 cm³/mol. The van der Waals surface area contributed by atoms with Gasteiger partial charge in [-0.05, 0) is 31.6 Å². The van der Waals surface area contributed by atoms with E-state index in [1.165, 1.54) is 12.8 Å². The maximum atomic E-state index is 9.21. The average Bonchev–Trinajstić information content (AvgIpc) is 3.05. The Hall–Kier alpha value is -1.36. The molecule has 0 spiro atoms. The van der Waals surface area contributed by atoms with Gasteiger partial charge in [-0.25, -0.2) is 9.97 Å². The second-order valence-electron chi connectivity index (χ2n) is 5.18. The normalized spacial score (nSPS) is 27.6. The highest BCUT2D eigenvalue weighted by Gasteiger charge is 2.28. The molecule has 4 N–H and O–H groups in total. The Balaban J connectivity index is 1.61. The molecule has 1 aromatic heterocycles. The maximum absolute atomic E-state index is 9.21. The summed E-state index contributed by atoms with van der Waals surface area (Å²) in [4.78, 5) is 8.74. The highest BCUT2D eigenvalue weighted by Crippen LogP contribution is 2.38. The van der Waals surface area contributed by atoms with Crippen LogP contribution in [0.25, 0.3) is 0 Å². The molecule has 0 aliphatic heterocycles. The number of aliphatic hydroxyl groups excluding tert-OH is 1. The molecule has 1 heterocycles. The summed E-state index contributed by atoms with van der Waals surface area (Å²) in [7, 11) is 0. The van der Waals surface area contributed by atoms with Gasteiger partial charge in [0.15, 0.2) is 0 Å². The summed E-state index contributed by atoms with van der Waals surface area (Å²) in [6.45, 7) is 0.859. The van der Waals surface area contributed by atoms with Gasteiger partial charge in [0, 0.05) is 18.5 Å². The number of hydrogen-bond donors (Lipinski definition) is 3. The van der Waals surface area contributed by atoms with Crippen molar-refractivity contribution in [2.45, 2.75) is 37.7 Å². The smallest absolute Gasteiger partial charge is 0.136 e. The minimum absolute atomic E-state index is 0.0979. The molecule has 2 aliphatic rings. The van der Waals surface area contributed by atoms with Gasteiger partial charge in [0.25, 0.3) is 0 Å². The molecule has 0 amide bonds. The van der Waals surface area contributed by atoms with Crippen molar-refractivity contribution in [3.63, 3.8) is 0 Å². The molecular weight excluding hydrogens is 216 g/mol. The molecule has 3 rings (SSSR count). The van der Waals surface area contributed by atoms with Gasteiger partial charge in [-0.15, -0.1) is 0 Å². The summed E-state index contributed by atoms with van der Waals surface area (Å²) in [6, 6.07) is 1.78. The van der Waals surface area contributed by atoms with Crippen molar-refractivity contribution in [1.82, 2.24) is 9.97 Å². The first-order valence-corrected chi connectivity index (χ1v) is 6.27. The number of nitrogens with two attached hydrogens (primary N) is 1. The molecule has 0 atom stereocenters. The number of hydrogen-bond acceptors (Lipinski definition) is 5. The number of nitrogens with zero attached hydrogens (tertiary/aromatic N) is 2. The van der Waals surface area contributed by atoms with Gasteiger partial charge in [0.2, 0.25) is 0 Å². The predicted octanol–water partition coefficient (Wildman–Crippen LogP) is 1.12. The van der Waals surface area contributed by atoms with E-state index >= 15 is 0 Å². The fraction of sp³-hybridized carbons (Fsp3) is 0.667. The van der Waals surface area contributed by atoms with Gasteiger partial charge in [0.05, 0.1) is 6.10 Å². The van der Waals surface area contributed by atoms with E-state index in [2.05, 4.69) is 15.3 Å². The molecular formula is C12H18N4O. The third-order valence-corrected chi connectivity index (χ3v) is 3.49. The number of aromatic nitrogens is 2. The van der Waals surface area contributed by atoms with E-state index in [4.69, 9.17) is 5.73 Å². The first-order chi connectivity index (χ1) is 8.20. The SMILES string of the molecule is Nc1cc(NCC2CC(O)C2)nc(C2CC2)n1. The van der Waals surface area contributed by atoms with Gasteiger partial charge in [-0.3, -0.25) is 0 Å². The van der Waals surface area contributed by atoms with Crippen molar-refractivity contribution in [2.24, 2.45) is 5.92 Å². The van der Waals surface area contributed by atoms with Crippen LogP contribution in [0.3, 0.4) is 0 Å². The third-order valence-electron chi connectivity index (χ3n) is 3.49. The molecule has 0 saturated heterocycles. The lowest BCUT2D eigenvalue weighted by Crippen LogP contribution is -2.33. The van der Waals surface area contributed by atoms with Gasteiger partial charge >= 0.3 is 0 Å². The van der Waals surface area contributed by atoms with Crippen molar-refractivity contribution in [3.05, 3.63) is 11.9 Å². The topological polar surface area (TPSA) is 84.1 Å². The summed E-state index contributed by atoms with van der Waals surface area (Å²) in [5.41, 5.74) is 5.77. The van der Waals surface area contributed by atoms with Crippen LogP contribution in [0, 0.1) is 5.92 Å². The van der Waals surface area contributed by atoms with E-state index in [0.29, 0.717) is 17.7 Å². The Morgan fingerprint density at radius 1 is 1.35 bits per heavy atom. The number of nitrogen functional groups attached to an aromatic ring is 1. The standard InChI is InChI=1S/C12H18N4O/c13-10-5-11(14-6-7-3-9(17)4-7)16-12(15-10)8-1-2-8/h5,7-9,17H,1-4,6H2,(H3,13,14,15,16). The van der Waals surface area contributed by atoms with Gasteiger partial charge in [0.1, 0.15) is 17.5 Å². The summed E-state index contributed by atoms with van der Waals surface area (Å²) in [5.74, 6) is 3.31. The third kappa shape index (κ3) is 2.49. The lowest BCUT2D eigenvalue weighted by molar-refractivity contribution is 0.0486. The summed E-state index contributed by atoms with van der Waals surface area (Å²) >= 11 is 0. The molecule has 5 heteroatoms. The Kier molecular flexibility index (Phi) is 2.63. The minimum Gasteiger partial charge on any atom is -0.393 e. The quantitative estimate of drug-likeness (QED) is 0.727. The van der Waals surface area contributed by atoms with E-state index < -0.39 is 0 Å². The lowest BCUT2D eigenvalue weighted by Gasteiger charge is -2.31. The number of rotatable bonds is 4. The largest absolute Gasteiger partial charge is 0.393 e. The Bertz CT molecular complexity index is 413. The second kappa shape index (κ2) is 4.14. The molecule has 1 aromatic rings. The van der Waals surface area contributed by atoms with E-state index in [1.807, 2.05) is 0 Å². The van der Waals surface area contributed by atoms with Crippen molar-refractivity contribution >= 4 is 11.6 Å². The first kappa shape index (κ1) is 10.8. The summed E-state index contributed by atoms with van der Waals surface area (Å²) in [6.07, 6.45) is 4.04. The Morgan fingerprint density at radius 2 is 2.12 bits per heavy atom. The molecule has 0 bridgehead atoms. The van der Waals surface area contributed by atoms with Crippen LogP contribution in [0.1, 0.15) is 37.4 Å². The molecule has 0 unspecified atom stereocenters. The molecule has 5 nitrogen and oxygen atoms in total. The van der Waals surface area contributed by atoms with Crippen molar-refractivity contribution in [1.29, 1.82) is 0 Å². The van der Waals surface area contributed by atoms with Crippen LogP contribution in [0.2, 0.25) is 0 Å². The van der Waals surface area contributed by atoms with Crippen LogP contribution < -0.4 is 11.1 Å². The van der Waals surface area contributed by atoms with Crippen LogP contribution >= 0.6 is 0 Å². The van der Waals surface area contributed by atoms with Crippen molar-refractivity contribution in [3.8, 4) is 0 Å². The maximum Gasteiger partial charge on any atom is 0.136 e. The molecule has 0 aromatic carbocycles. The Morgan fingerprint density at radius 3 is 2.76 bits per heavy atom. The van der Waals surface area contributed by atoms with Gasteiger partial charge in [-0.1, -0.05) is 0 Å². The number of aliphatic hydroxyl groups is 1.